The lowest BCUT2D eigenvalue weighted by molar-refractivity contribution is 0.102. The number of aromatic nitrogens is 3. The molecule has 2 rings (SSSR count). The molecule has 86 valence electrons. The zero-order valence-electron chi connectivity index (χ0n) is 8.39. The van der Waals surface area contributed by atoms with Gasteiger partial charge in [-0.15, -0.1) is 0 Å². The minimum Gasteiger partial charge on any atom is -0.306 e. The third kappa shape index (κ3) is 2.98. The molecule has 0 atom stereocenters. The SMILES string of the molecule is O=C(Nc1ccnc(Cl)n1)c1cccnc1Br. The van der Waals surface area contributed by atoms with Crippen molar-refractivity contribution < 1.29 is 4.79 Å². The van der Waals surface area contributed by atoms with Crippen molar-refractivity contribution in [3.63, 3.8) is 0 Å². The maximum atomic E-state index is 11.9. The van der Waals surface area contributed by atoms with Crippen LogP contribution in [0.5, 0.6) is 0 Å². The lowest BCUT2D eigenvalue weighted by atomic mass is 10.3. The van der Waals surface area contributed by atoms with Crippen molar-refractivity contribution in [1.29, 1.82) is 0 Å². The highest BCUT2D eigenvalue weighted by Gasteiger charge is 2.11. The molecule has 0 aromatic carbocycles. The van der Waals surface area contributed by atoms with E-state index in [-0.39, 0.29) is 11.2 Å². The van der Waals surface area contributed by atoms with Crippen LogP contribution in [0.4, 0.5) is 5.82 Å². The largest absolute Gasteiger partial charge is 0.306 e. The lowest BCUT2D eigenvalue weighted by Gasteiger charge is -2.05. The van der Waals surface area contributed by atoms with E-state index in [1.807, 2.05) is 0 Å². The quantitative estimate of drug-likeness (QED) is 0.683. The van der Waals surface area contributed by atoms with Crippen molar-refractivity contribution >= 4 is 39.3 Å². The van der Waals surface area contributed by atoms with Crippen molar-refractivity contribution in [2.24, 2.45) is 0 Å². The zero-order valence-corrected chi connectivity index (χ0v) is 10.7. The van der Waals surface area contributed by atoms with Gasteiger partial charge in [-0.3, -0.25) is 4.79 Å². The van der Waals surface area contributed by atoms with Crippen LogP contribution in [0.1, 0.15) is 10.4 Å². The monoisotopic (exact) mass is 312 g/mol. The predicted octanol–water partition coefficient (Wildman–Crippen LogP) is 2.54. The molecule has 7 heteroatoms. The molecule has 0 saturated carbocycles. The Morgan fingerprint density at radius 1 is 1.29 bits per heavy atom. The lowest BCUT2D eigenvalue weighted by Crippen LogP contribution is -2.14. The molecule has 0 aliphatic rings. The number of carbonyl (C=O) groups excluding carboxylic acids is 1. The van der Waals surface area contributed by atoms with Crippen LogP contribution >= 0.6 is 27.5 Å². The fourth-order valence-corrected chi connectivity index (χ4v) is 1.72. The van der Waals surface area contributed by atoms with Gasteiger partial charge in [-0.1, -0.05) is 0 Å². The van der Waals surface area contributed by atoms with E-state index < -0.39 is 0 Å². The van der Waals surface area contributed by atoms with Gasteiger partial charge >= 0.3 is 0 Å². The second-order valence-electron chi connectivity index (χ2n) is 3.01. The van der Waals surface area contributed by atoms with Crippen LogP contribution in [-0.4, -0.2) is 20.9 Å². The Hall–Kier alpha value is -1.53. The Morgan fingerprint density at radius 2 is 2.12 bits per heavy atom. The number of carbonyl (C=O) groups is 1. The molecular weight excluding hydrogens is 307 g/mol. The highest BCUT2D eigenvalue weighted by atomic mass is 79.9. The van der Waals surface area contributed by atoms with E-state index in [4.69, 9.17) is 11.6 Å². The average molecular weight is 314 g/mol. The van der Waals surface area contributed by atoms with Gasteiger partial charge in [-0.25, -0.2) is 15.0 Å². The number of hydrogen-bond donors (Lipinski definition) is 1. The molecule has 1 amide bonds. The van der Waals surface area contributed by atoms with Crippen molar-refractivity contribution in [3.05, 3.63) is 46.0 Å². The van der Waals surface area contributed by atoms with Crippen molar-refractivity contribution in [2.75, 3.05) is 5.32 Å². The van der Waals surface area contributed by atoms with Gasteiger partial charge in [0.2, 0.25) is 5.28 Å². The number of anilines is 1. The highest BCUT2D eigenvalue weighted by molar-refractivity contribution is 9.10. The Bertz CT molecular complexity index is 564. The number of rotatable bonds is 2. The Balaban J connectivity index is 2.20. The molecule has 17 heavy (non-hydrogen) atoms. The topological polar surface area (TPSA) is 67.8 Å². The Labute approximate surface area is 110 Å². The fraction of sp³-hybridized carbons (Fsp3) is 0. The van der Waals surface area contributed by atoms with E-state index in [0.29, 0.717) is 16.0 Å². The van der Waals surface area contributed by atoms with E-state index in [9.17, 15) is 4.79 Å². The van der Waals surface area contributed by atoms with Gasteiger partial charge in [0.05, 0.1) is 5.56 Å². The Kier molecular flexibility index (Phi) is 3.65. The van der Waals surface area contributed by atoms with E-state index in [2.05, 4.69) is 36.2 Å². The van der Waals surface area contributed by atoms with Crippen molar-refractivity contribution in [1.82, 2.24) is 15.0 Å². The molecule has 0 unspecified atom stereocenters. The molecule has 0 saturated heterocycles. The first-order valence-electron chi connectivity index (χ1n) is 4.57. The summed E-state index contributed by atoms with van der Waals surface area (Å²) in [5.74, 6) is 0.0190. The first-order valence-corrected chi connectivity index (χ1v) is 5.74. The number of amides is 1. The molecule has 5 nitrogen and oxygen atoms in total. The van der Waals surface area contributed by atoms with E-state index >= 15 is 0 Å². The smallest absolute Gasteiger partial charge is 0.259 e. The number of nitrogens with one attached hydrogen (secondary N) is 1. The van der Waals surface area contributed by atoms with Crippen LogP contribution in [0.3, 0.4) is 0 Å². The van der Waals surface area contributed by atoms with E-state index in [1.165, 1.54) is 6.20 Å². The van der Waals surface area contributed by atoms with E-state index in [1.54, 1.807) is 24.4 Å². The van der Waals surface area contributed by atoms with Gasteiger partial charge in [0.25, 0.3) is 5.91 Å². The molecule has 0 aliphatic carbocycles. The third-order valence-electron chi connectivity index (χ3n) is 1.87. The zero-order chi connectivity index (χ0) is 12.3. The molecule has 0 fully saturated rings. The summed E-state index contributed by atoms with van der Waals surface area (Å²) in [5, 5.41) is 2.67. The number of pyridine rings is 1. The van der Waals surface area contributed by atoms with Gasteiger partial charge in [-0.05, 0) is 45.7 Å². The predicted molar refractivity (Wildman–Crippen MR) is 66.9 cm³/mol. The molecule has 0 aliphatic heterocycles. The summed E-state index contributed by atoms with van der Waals surface area (Å²) < 4.78 is 0.470. The third-order valence-corrected chi connectivity index (χ3v) is 2.69. The van der Waals surface area contributed by atoms with Gasteiger partial charge < -0.3 is 5.32 Å². The van der Waals surface area contributed by atoms with Crippen LogP contribution in [0.2, 0.25) is 5.28 Å². The average Bonchev–Trinajstić information content (AvgIpc) is 2.29. The van der Waals surface area contributed by atoms with Crippen LogP contribution in [-0.2, 0) is 0 Å². The molecule has 1 N–H and O–H groups in total. The van der Waals surface area contributed by atoms with Gasteiger partial charge in [0, 0.05) is 12.4 Å². The van der Waals surface area contributed by atoms with Crippen molar-refractivity contribution in [2.45, 2.75) is 0 Å². The van der Waals surface area contributed by atoms with Gasteiger partial charge in [0.15, 0.2) is 0 Å². The Morgan fingerprint density at radius 3 is 2.82 bits per heavy atom. The van der Waals surface area contributed by atoms with E-state index in [0.717, 1.165) is 0 Å². The molecule has 2 aromatic heterocycles. The van der Waals surface area contributed by atoms with Gasteiger partial charge in [-0.2, -0.15) is 0 Å². The molecule has 0 spiro atoms. The maximum Gasteiger partial charge on any atom is 0.259 e. The van der Waals surface area contributed by atoms with Crippen LogP contribution in [0.25, 0.3) is 0 Å². The summed E-state index contributed by atoms with van der Waals surface area (Å²) in [6.07, 6.45) is 3.05. The summed E-state index contributed by atoms with van der Waals surface area (Å²) in [4.78, 5) is 23.4. The summed E-state index contributed by atoms with van der Waals surface area (Å²) in [7, 11) is 0. The number of halogens is 2. The molecule has 0 bridgehead atoms. The standard InChI is InChI=1S/C10H6BrClN4O/c11-8-6(2-1-4-13-8)9(17)15-7-3-5-14-10(12)16-7/h1-5H,(H,14,15,16,17). The van der Waals surface area contributed by atoms with Crippen LogP contribution < -0.4 is 5.32 Å². The molecule has 2 aromatic rings. The van der Waals surface area contributed by atoms with Crippen molar-refractivity contribution in [3.8, 4) is 0 Å². The molecular formula is C10H6BrClN4O. The summed E-state index contributed by atoms with van der Waals surface area (Å²) in [5.41, 5.74) is 0.419. The molecule has 2 heterocycles. The minimum absolute atomic E-state index is 0.0769. The molecule has 0 radical (unpaired) electrons. The maximum absolute atomic E-state index is 11.9. The summed E-state index contributed by atoms with van der Waals surface area (Å²) in [6.45, 7) is 0. The first-order chi connectivity index (χ1) is 8.16. The summed E-state index contributed by atoms with van der Waals surface area (Å²) >= 11 is 8.80. The summed E-state index contributed by atoms with van der Waals surface area (Å²) in [6, 6.07) is 4.87. The second-order valence-corrected chi connectivity index (χ2v) is 4.10. The minimum atomic E-state index is -0.320. The fourth-order valence-electron chi connectivity index (χ4n) is 1.14. The second kappa shape index (κ2) is 5.20. The number of nitrogens with zero attached hydrogens (tertiary/aromatic N) is 3. The normalized spacial score (nSPS) is 10.0. The highest BCUT2D eigenvalue weighted by Crippen LogP contribution is 2.14. The van der Waals surface area contributed by atoms with Crippen LogP contribution in [0.15, 0.2) is 35.2 Å². The van der Waals surface area contributed by atoms with Gasteiger partial charge in [0.1, 0.15) is 10.4 Å². The van der Waals surface area contributed by atoms with Crippen LogP contribution in [0, 0.1) is 0 Å². The first kappa shape index (κ1) is 11.9. The number of hydrogen-bond acceptors (Lipinski definition) is 4.